The molecule has 0 saturated heterocycles. The lowest BCUT2D eigenvalue weighted by Crippen LogP contribution is -2.41. The molecule has 0 unspecified atom stereocenters. The molecule has 266 valence electrons. The van der Waals surface area contributed by atoms with Gasteiger partial charge in [-0.15, -0.1) is 0 Å². The molecule has 0 atom stereocenters. The Morgan fingerprint density at radius 1 is 1.00 bits per heavy atom. The van der Waals surface area contributed by atoms with Crippen LogP contribution >= 0.6 is 0 Å². The van der Waals surface area contributed by atoms with Gasteiger partial charge in [0.25, 0.3) is 0 Å². The summed E-state index contributed by atoms with van der Waals surface area (Å²) in [6, 6.07) is 5.14. The maximum Gasteiger partial charge on any atom is 0.434 e. The minimum atomic E-state index is -4.59. The summed E-state index contributed by atoms with van der Waals surface area (Å²) in [5.41, 5.74) is 2.43. The van der Waals surface area contributed by atoms with E-state index in [1.165, 1.54) is 10.9 Å². The summed E-state index contributed by atoms with van der Waals surface area (Å²) in [5, 5.41) is 5.35. The normalized spacial score (nSPS) is 14.2. The summed E-state index contributed by atoms with van der Waals surface area (Å²) in [6.07, 6.45) is 3.43. The lowest BCUT2D eigenvalue weighted by Gasteiger charge is -2.36. The van der Waals surface area contributed by atoms with Crippen LogP contribution in [0.15, 0.2) is 43.1 Å². The van der Waals surface area contributed by atoms with Gasteiger partial charge < -0.3 is 18.5 Å². The smallest absolute Gasteiger partial charge is 0.434 e. The molecule has 50 heavy (non-hydrogen) atoms. The molecule has 1 saturated carbocycles. The number of ether oxygens (including phenoxy) is 2. The molecule has 0 radical (unpaired) electrons. The van der Waals surface area contributed by atoms with Crippen molar-refractivity contribution in [1.82, 2.24) is 39.3 Å². The van der Waals surface area contributed by atoms with Crippen LogP contribution in [-0.2, 0) is 17.1 Å². The second kappa shape index (κ2) is 13.4. The Balaban J connectivity index is 1.35. The van der Waals surface area contributed by atoms with Crippen molar-refractivity contribution in [2.24, 2.45) is 0 Å². The number of aromatic nitrogens is 8. The van der Waals surface area contributed by atoms with Crippen molar-refractivity contribution < 1.29 is 27.1 Å². The fourth-order valence-electron chi connectivity index (χ4n) is 5.45. The molecule has 1 aliphatic carbocycles. The van der Waals surface area contributed by atoms with E-state index in [0.29, 0.717) is 53.3 Å². The number of fused-ring (bicyclic) bond motifs is 1. The van der Waals surface area contributed by atoms with E-state index in [1.807, 2.05) is 26.0 Å². The third kappa shape index (κ3) is 7.24. The molecule has 1 aliphatic rings. The van der Waals surface area contributed by atoms with Crippen molar-refractivity contribution >= 4 is 19.4 Å². The molecule has 5 aromatic rings. The largest absolute Gasteiger partial charge is 0.490 e. The number of benzene rings is 1. The molecule has 4 aromatic heterocycles. The Hall–Kier alpha value is -4.37. The SMILES string of the molecule is COc1ncnc(C2CC2)c1-c1ncc2cnn(Cc3ccc(-c4nc(C(F)(F)F)cn4C(C)C)c(OCCO[Si](C)(C)C(C)(C)C)c3)c2n1. The van der Waals surface area contributed by atoms with Crippen molar-refractivity contribution in [3.05, 3.63) is 60.1 Å². The number of methoxy groups -OCH3 is 1. The van der Waals surface area contributed by atoms with Gasteiger partial charge in [0.05, 0.1) is 43.1 Å². The minimum absolute atomic E-state index is 0.0160. The quantitative estimate of drug-likeness (QED) is 0.0937. The maximum absolute atomic E-state index is 13.8. The van der Waals surface area contributed by atoms with Gasteiger partial charge in [-0.3, -0.25) is 0 Å². The summed E-state index contributed by atoms with van der Waals surface area (Å²) in [5.74, 6) is 1.74. The number of halogens is 3. The molecule has 1 fully saturated rings. The molecule has 0 amide bonds. The zero-order valence-corrected chi connectivity index (χ0v) is 30.7. The van der Waals surface area contributed by atoms with E-state index < -0.39 is 20.2 Å². The number of hydrogen-bond acceptors (Lipinski definition) is 9. The van der Waals surface area contributed by atoms with Crippen molar-refractivity contribution in [3.63, 3.8) is 0 Å². The fourth-order valence-corrected chi connectivity index (χ4v) is 6.47. The molecule has 6 rings (SSSR count). The molecule has 0 aliphatic heterocycles. The van der Waals surface area contributed by atoms with Crippen LogP contribution in [0.5, 0.6) is 11.6 Å². The van der Waals surface area contributed by atoms with Crippen LogP contribution in [-0.4, -0.2) is 67.9 Å². The van der Waals surface area contributed by atoms with Crippen LogP contribution in [0.25, 0.3) is 33.8 Å². The summed E-state index contributed by atoms with van der Waals surface area (Å²) >= 11 is 0. The van der Waals surface area contributed by atoms with Crippen molar-refractivity contribution in [1.29, 1.82) is 0 Å². The van der Waals surface area contributed by atoms with Crippen molar-refractivity contribution in [2.45, 2.75) is 90.3 Å². The van der Waals surface area contributed by atoms with Crippen LogP contribution in [0.1, 0.15) is 76.4 Å². The van der Waals surface area contributed by atoms with Gasteiger partial charge in [-0.25, -0.2) is 29.6 Å². The van der Waals surface area contributed by atoms with Gasteiger partial charge in [-0.2, -0.15) is 18.3 Å². The Labute approximate surface area is 290 Å². The second-order valence-electron chi connectivity index (χ2n) is 14.4. The Morgan fingerprint density at radius 2 is 1.76 bits per heavy atom. The highest BCUT2D eigenvalue weighted by atomic mass is 28.4. The highest BCUT2D eigenvalue weighted by Gasteiger charge is 2.38. The second-order valence-corrected chi connectivity index (χ2v) is 19.2. The minimum Gasteiger partial charge on any atom is -0.490 e. The first-order valence-electron chi connectivity index (χ1n) is 16.7. The average molecular weight is 709 g/mol. The van der Waals surface area contributed by atoms with E-state index in [1.54, 1.807) is 30.3 Å². The molecule has 0 bridgehead atoms. The third-order valence-corrected chi connectivity index (χ3v) is 13.9. The predicted molar refractivity (Wildman–Crippen MR) is 186 cm³/mol. The van der Waals surface area contributed by atoms with E-state index in [2.05, 4.69) is 58.9 Å². The predicted octanol–water partition coefficient (Wildman–Crippen LogP) is 8.08. The van der Waals surface area contributed by atoms with E-state index in [4.69, 9.17) is 18.9 Å². The maximum atomic E-state index is 13.8. The summed E-state index contributed by atoms with van der Waals surface area (Å²) in [4.78, 5) is 22.4. The molecule has 1 aromatic carbocycles. The van der Waals surface area contributed by atoms with Crippen molar-refractivity contribution in [2.75, 3.05) is 20.3 Å². The topological polar surface area (TPSA) is 115 Å². The molecule has 11 nitrogen and oxygen atoms in total. The Kier molecular flexibility index (Phi) is 9.50. The van der Waals surface area contributed by atoms with Gasteiger partial charge in [0.1, 0.15) is 30.1 Å². The summed E-state index contributed by atoms with van der Waals surface area (Å²) in [6.45, 7) is 15.3. The van der Waals surface area contributed by atoms with Gasteiger partial charge in [0, 0.05) is 24.4 Å². The average Bonchev–Trinajstić information content (AvgIpc) is 3.67. The van der Waals surface area contributed by atoms with Crippen LogP contribution in [0.2, 0.25) is 18.1 Å². The fraction of sp³-hybridized carbons (Fsp3) is 0.486. The van der Waals surface area contributed by atoms with E-state index >= 15 is 0 Å². The number of alkyl halides is 3. The zero-order valence-electron chi connectivity index (χ0n) is 29.7. The highest BCUT2D eigenvalue weighted by molar-refractivity contribution is 6.74. The zero-order chi connectivity index (χ0) is 36.0. The van der Waals surface area contributed by atoms with Crippen LogP contribution in [0.4, 0.5) is 13.2 Å². The first-order chi connectivity index (χ1) is 23.6. The first kappa shape index (κ1) is 35.5. The van der Waals surface area contributed by atoms with E-state index in [-0.39, 0.29) is 23.5 Å². The lowest BCUT2D eigenvalue weighted by molar-refractivity contribution is -0.140. The summed E-state index contributed by atoms with van der Waals surface area (Å²) < 4.78 is 62.9. The lowest BCUT2D eigenvalue weighted by atomic mass is 10.1. The third-order valence-electron chi connectivity index (χ3n) is 9.41. The molecule has 0 spiro atoms. The Morgan fingerprint density at radius 3 is 2.42 bits per heavy atom. The Bertz CT molecular complexity index is 2000. The number of rotatable bonds is 12. The number of hydrogen-bond donors (Lipinski definition) is 0. The van der Waals surface area contributed by atoms with Crippen LogP contribution < -0.4 is 9.47 Å². The van der Waals surface area contributed by atoms with Gasteiger partial charge >= 0.3 is 6.18 Å². The standard InChI is InChI=1S/C35H43F3N8O3Si/c1-21(2)45-19-27(35(36,37)38)43-32(45)25-12-9-22(15-26(25)48-13-14-49-50(7,8)34(3,4)5)18-46-31-24(17-42-46)16-39-30(44-31)28-29(23-10-11-23)40-20-41-33(28)47-6/h9,12,15-17,19-21,23H,10-11,13-14,18H2,1-8H3. The molecular weight excluding hydrogens is 666 g/mol. The molecular formula is C35H43F3N8O3Si. The molecule has 4 heterocycles. The van der Waals surface area contributed by atoms with E-state index in [9.17, 15) is 13.2 Å². The van der Waals surface area contributed by atoms with Gasteiger partial charge in [-0.05, 0) is 62.5 Å². The molecule has 15 heteroatoms. The van der Waals surface area contributed by atoms with Crippen LogP contribution in [0, 0.1) is 0 Å². The van der Waals surface area contributed by atoms with E-state index in [0.717, 1.165) is 35.7 Å². The van der Waals surface area contributed by atoms with Gasteiger partial charge in [-0.1, -0.05) is 26.8 Å². The van der Waals surface area contributed by atoms with Crippen molar-refractivity contribution in [3.8, 4) is 34.4 Å². The number of nitrogens with zero attached hydrogens (tertiary/aromatic N) is 8. The first-order valence-corrected chi connectivity index (χ1v) is 19.6. The number of imidazole rings is 1. The van der Waals surface area contributed by atoms with Gasteiger partial charge in [0.2, 0.25) is 5.88 Å². The van der Waals surface area contributed by atoms with Gasteiger partial charge in [0.15, 0.2) is 25.5 Å². The highest BCUT2D eigenvalue weighted by Crippen LogP contribution is 2.45. The summed E-state index contributed by atoms with van der Waals surface area (Å²) in [7, 11) is -0.484. The molecule has 0 N–H and O–H groups in total. The monoisotopic (exact) mass is 708 g/mol. The van der Waals surface area contributed by atoms with Crippen LogP contribution in [0.3, 0.4) is 0 Å².